The Kier molecular flexibility index (Phi) is 3.03. The van der Waals surface area contributed by atoms with Crippen LogP contribution in [0.2, 0.25) is 0 Å². The summed E-state index contributed by atoms with van der Waals surface area (Å²) in [6.07, 6.45) is 0. The summed E-state index contributed by atoms with van der Waals surface area (Å²) in [6.45, 7) is 0. The fraction of sp³-hybridized carbons (Fsp3) is 0.0400. The third-order valence-electron chi connectivity index (χ3n) is 5.61. The van der Waals surface area contributed by atoms with Gasteiger partial charge >= 0.3 is 0 Å². The molecule has 0 saturated heterocycles. The van der Waals surface area contributed by atoms with E-state index in [0.29, 0.717) is 0 Å². The van der Waals surface area contributed by atoms with E-state index in [0.717, 1.165) is 0 Å². The van der Waals surface area contributed by atoms with Gasteiger partial charge in [0.25, 0.3) is 0 Å². The largest absolute Gasteiger partial charge is 0.344 e. The minimum Gasteiger partial charge on any atom is -0.344 e. The summed E-state index contributed by atoms with van der Waals surface area (Å²) in [7, 11) is 2.18. The lowest BCUT2D eigenvalue weighted by Crippen LogP contribution is -1.86. The molecule has 2 heteroatoms. The Morgan fingerprint density at radius 1 is 0.630 bits per heavy atom. The number of aromatic nitrogens is 1. The molecule has 0 spiro atoms. The van der Waals surface area contributed by atoms with E-state index in [4.69, 9.17) is 0 Å². The SMILES string of the molecule is Cn1c2cc3c(cc2c2c(-c4ccccc4)cccc21)sc1ccccc13. The van der Waals surface area contributed by atoms with Crippen molar-refractivity contribution >= 4 is 53.3 Å². The molecule has 6 aromatic rings. The zero-order valence-corrected chi connectivity index (χ0v) is 15.8. The van der Waals surface area contributed by atoms with E-state index in [9.17, 15) is 0 Å². The number of rotatable bonds is 1. The van der Waals surface area contributed by atoms with Crippen LogP contribution in [0.4, 0.5) is 0 Å². The molecule has 0 aliphatic heterocycles. The minimum absolute atomic E-state index is 1.27. The Morgan fingerprint density at radius 2 is 1.44 bits per heavy atom. The van der Waals surface area contributed by atoms with Gasteiger partial charge in [0, 0.05) is 49.0 Å². The molecule has 6 rings (SSSR count). The van der Waals surface area contributed by atoms with Crippen molar-refractivity contribution in [2.75, 3.05) is 0 Å². The number of hydrogen-bond donors (Lipinski definition) is 0. The van der Waals surface area contributed by atoms with Gasteiger partial charge in [-0.3, -0.25) is 0 Å². The Hall–Kier alpha value is -3.10. The summed E-state index contributed by atoms with van der Waals surface area (Å²) in [6, 6.07) is 30.8. The Balaban J connectivity index is 1.81. The van der Waals surface area contributed by atoms with Gasteiger partial charge in [0.15, 0.2) is 0 Å². The van der Waals surface area contributed by atoms with E-state index < -0.39 is 0 Å². The average molecular weight is 363 g/mol. The summed E-state index contributed by atoms with van der Waals surface area (Å²) in [5.41, 5.74) is 5.16. The topological polar surface area (TPSA) is 4.93 Å². The molecule has 0 fully saturated rings. The van der Waals surface area contributed by atoms with Crippen LogP contribution in [0.1, 0.15) is 0 Å². The number of benzene rings is 4. The molecule has 2 aromatic heterocycles. The molecule has 0 bridgehead atoms. The van der Waals surface area contributed by atoms with Gasteiger partial charge in [-0.25, -0.2) is 0 Å². The van der Waals surface area contributed by atoms with Crippen molar-refractivity contribution in [3.8, 4) is 11.1 Å². The predicted octanol–water partition coefficient (Wildman–Crippen LogP) is 7.37. The fourth-order valence-corrected chi connectivity index (χ4v) is 5.46. The van der Waals surface area contributed by atoms with Gasteiger partial charge in [0.2, 0.25) is 0 Å². The molecule has 2 heterocycles. The Bertz CT molecular complexity index is 1470. The van der Waals surface area contributed by atoms with E-state index in [1.165, 1.54) is 53.1 Å². The van der Waals surface area contributed by atoms with Gasteiger partial charge in [-0.2, -0.15) is 0 Å². The molecule has 0 amide bonds. The Labute approximate surface area is 161 Å². The van der Waals surface area contributed by atoms with Crippen molar-refractivity contribution in [2.24, 2.45) is 7.05 Å². The normalized spacial score (nSPS) is 11.9. The van der Waals surface area contributed by atoms with Crippen LogP contribution in [0.25, 0.3) is 53.1 Å². The number of thiophene rings is 1. The highest BCUT2D eigenvalue weighted by Crippen LogP contribution is 2.41. The first-order valence-electron chi connectivity index (χ1n) is 9.19. The molecule has 0 atom stereocenters. The molecular formula is C25H17NS. The number of nitrogens with zero attached hydrogens (tertiary/aromatic N) is 1. The third kappa shape index (κ3) is 2.05. The van der Waals surface area contributed by atoms with Crippen LogP contribution in [0, 0.1) is 0 Å². The van der Waals surface area contributed by atoms with Gasteiger partial charge in [0.1, 0.15) is 0 Å². The molecule has 27 heavy (non-hydrogen) atoms. The summed E-state index contributed by atoms with van der Waals surface area (Å²) in [5.74, 6) is 0. The maximum absolute atomic E-state index is 2.39. The molecule has 0 radical (unpaired) electrons. The van der Waals surface area contributed by atoms with E-state index in [2.05, 4.69) is 96.5 Å². The third-order valence-corrected chi connectivity index (χ3v) is 6.75. The lowest BCUT2D eigenvalue weighted by molar-refractivity contribution is 1.02. The minimum atomic E-state index is 1.27. The van der Waals surface area contributed by atoms with Gasteiger partial charge in [-0.05, 0) is 35.4 Å². The zero-order valence-electron chi connectivity index (χ0n) is 14.9. The van der Waals surface area contributed by atoms with Crippen LogP contribution in [0.5, 0.6) is 0 Å². The quantitative estimate of drug-likeness (QED) is 0.287. The predicted molar refractivity (Wildman–Crippen MR) is 119 cm³/mol. The van der Waals surface area contributed by atoms with Gasteiger partial charge < -0.3 is 4.57 Å². The summed E-state index contributed by atoms with van der Waals surface area (Å²) < 4.78 is 5.05. The molecule has 0 N–H and O–H groups in total. The summed E-state index contributed by atoms with van der Waals surface area (Å²) >= 11 is 1.89. The average Bonchev–Trinajstić information content (AvgIpc) is 3.22. The second-order valence-corrected chi connectivity index (χ2v) is 8.17. The van der Waals surface area contributed by atoms with Crippen LogP contribution < -0.4 is 0 Å². The summed E-state index contributed by atoms with van der Waals surface area (Å²) in [4.78, 5) is 0. The molecular weight excluding hydrogens is 346 g/mol. The molecule has 128 valence electrons. The highest BCUT2D eigenvalue weighted by molar-refractivity contribution is 7.25. The molecule has 0 aliphatic carbocycles. The molecule has 0 unspecified atom stereocenters. The van der Waals surface area contributed by atoms with Crippen LogP contribution >= 0.6 is 11.3 Å². The summed E-state index contributed by atoms with van der Waals surface area (Å²) in [5, 5.41) is 5.40. The van der Waals surface area contributed by atoms with Crippen molar-refractivity contribution in [2.45, 2.75) is 0 Å². The highest BCUT2D eigenvalue weighted by atomic mass is 32.1. The second kappa shape index (κ2) is 5.45. The van der Waals surface area contributed by atoms with Crippen LogP contribution in [-0.2, 0) is 7.05 Å². The van der Waals surface area contributed by atoms with Crippen LogP contribution in [0.3, 0.4) is 0 Å². The first kappa shape index (κ1) is 15.0. The highest BCUT2D eigenvalue weighted by Gasteiger charge is 2.15. The van der Waals surface area contributed by atoms with Crippen molar-refractivity contribution in [1.29, 1.82) is 0 Å². The van der Waals surface area contributed by atoms with Crippen molar-refractivity contribution < 1.29 is 0 Å². The van der Waals surface area contributed by atoms with Crippen LogP contribution in [-0.4, -0.2) is 4.57 Å². The lowest BCUT2D eigenvalue weighted by atomic mass is 9.99. The van der Waals surface area contributed by atoms with Gasteiger partial charge in [-0.1, -0.05) is 60.7 Å². The maximum Gasteiger partial charge on any atom is 0.0496 e. The van der Waals surface area contributed by atoms with E-state index in [-0.39, 0.29) is 0 Å². The molecule has 0 aliphatic rings. The fourth-order valence-electron chi connectivity index (χ4n) is 4.33. The standard InChI is InChI=1S/C25H17NS/c1-26-21-12-7-11-17(16-8-3-2-4-9-16)25(21)20-15-24-19(14-22(20)26)18-10-5-6-13-23(18)27-24/h2-15H,1H3. The first-order chi connectivity index (χ1) is 13.3. The first-order valence-corrected chi connectivity index (χ1v) is 10.0. The molecule has 0 saturated carbocycles. The van der Waals surface area contributed by atoms with E-state index in [1.54, 1.807) is 0 Å². The van der Waals surface area contributed by atoms with Crippen molar-refractivity contribution in [3.05, 3.63) is 84.9 Å². The molecule has 4 aromatic carbocycles. The zero-order chi connectivity index (χ0) is 18.0. The van der Waals surface area contributed by atoms with E-state index >= 15 is 0 Å². The van der Waals surface area contributed by atoms with Crippen molar-refractivity contribution in [3.63, 3.8) is 0 Å². The number of aryl methyl sites for hydroxylation is 1. The van der Waals surface area contributed by atoms with Gasteiger partial charge in [-0.15, -0.1) is 11.3 Å². The Morgan fingerprint density at radius 3 is 2.33 bits per heavy atom. The molecule has 1 nitrogen and oxygen atoms in total. The maximum atomic E-state index is 2.39. The number of hydrogen-bond acceptors (Lipinski definition) is 1. The monoisotopic (exact) mass is 363 g/mol. The van der Waals surface area contributed by atoms with Gasteiger partial charge in [0.05, 0.1) is 0 Å². The van der Waals surface area contributed by atoms with E-state index in [1.807, 2.05) is 11.3 Å². The smallest absolute Gasteiger partial charge is 0.0496 e. The second-order valence-electron chi connectivity index (χ2n) is 7.09. The number of fused-ring (bicyclic) bond motifs is 6. The van der Waals surface area contributed by atoms with Crippen molar-refractivity contribution in [1.82, 2.24) is 4.57 Å². The van der Waals surface area contributed by atoms with Crippen LogP contribution in [0.15, 0.2) is 84.9 Å². The lowest BCUT2D eigenvalue weighted by Gasteiger charge is -2.05.